The average Bonchev–Trinajstić information content (AvgIpc) is 2.25. The van der Waals surface area contributed by atoms with Crippen LogP contribution < -0.4 is 0 Å². The lowest BCUT2D eigenvalue weighted by molar-refractivity contribution is 1.08. The third-order valence-electron chi connectivity index (χ3n) is 4.35. The quantitative estimate of drug-likeness (QED) is 0.620. The molecule has 0 aliphatic heterocycles. The maximum atomic E-state index is 2.48. The zero-order chi connectivity index (χ0) is 15.9. The Hall–Kier alpha value is -0.346. The molecule has 0 saturated heterocycles. The van der Waals surface area contributed by atoms with Crippen molar-refractivity contribution in [1.29, 1.82) is 0 Å². The Morgan fingerprint density at radius 2 is 0.700 bits per heavy atom. The smallest absolute Gasteiger partial charge is 0.0487 e. The lowest BCUT2D eigenvalue weighted by atomic mass is 9.90. The van der Waals surface area contributed by atoms with Crippen molar-refractivity contribution in [2.24, 2.45) is 0 Å². The largest absolute Gasteiger partial charge is 0.0693 e. The van der Waals surface area contributed by atoms with Gasteiger partial charge in [0, 0.05) is 16.1 Å². The summed E-state index contributed by atoms with van der Waals surface area (Å²) in [6.07, 6.45) is 0. The first-order chi connectivity index (χ1) is 8.83. The van der Waals surface area contributed by atoms with Crippen molar-refractivity contribution in [3.05, 3.63) is 33.4 Å². The molecule has 0 bridgehead atoms. The number of hydrogen-bond donors (Lipinski definition) is 0. The molecule has 1 aromatic rings. The van der Waals surface area contributed by atoms with Crippen LogP contribution in [0.1, 0.15) is 33.4 Å². The highest BCUT2D eigenvalue weighted by atomic mass is 28.3. The Bertz CT molecular complexity index is 424. The second-order valence-electron chi connectivity index (χ2n) is 8.93. The molecule has 2 heteroatoms. The first-order valence-corrected chi connectivity index (χ1v) is 15.3. The van der Waals surface area contributed by atoms with Gasteiger partial charge in [-0.1, -0.05) is 39.3 Å². The molecule has 0 aromatic heterocycles. The molecule has 1 aromatic carbocycles. The molecule has 0 N–H and O–H groups in total. The Morgan fingerprint density at radius 1 is 0.500 bits per heavy atom. The van der Waals surface area contributed by atoms with Gasteiger partial charge in [-0.3, -0.25) is 0 Å². The predicted molar refractivity (Wildman–Crippen MR) is 99.5 cm³/mol. The molecule has 0 aliphatic rings. The molecule has 0 fully saturated rings. The highest BCUT2D eigenvalue weighted by molar-refractivity contribution is 6.76. The van der Waals surface area contributed by atoms with Gasteiger partial charge in [-0.25, -0.2) is 0 Å². The molecule has 0 saturated carbocycles. The van der Waals surface area contributed by atoms with Crippen LogP contribution in [0.5, 0.6) is 0 Å². The fourth-order valence-electron chi connectivity index (χ4n) is 3.06. The molecule has 114 valence electrons. The minimum atomic E-state index is -1.06. The molecular formula is C18H34Si2. The molecular weight excluding hydrogens is 272 g/mol. The number of rotatable bonds is 4. The minimum Gasteiger partial charge on any atom is -0.0693 e. The van der Waals surface area contributed by atoms with E-state index in [0.29, 0.717) is 0 Å². The van der Waals surface area contributed by atoms with Crippen molar-refractivity contribution in [3.63, 3.8) is 0 Å². The Labute approximate surface area is 129 Å². The van der Waals surface area contributed by atoms with Crippen LogP contribution in [0.25, 0.3) is 0 Å². The van der Waals surface area contributed by atoms with E-state index in [4.69, 9.17) is 0 Å². The molecule has 20 heavy (non-hydrogen) atoms. The van der Waals surface area contributed by atoms with Crippen LogP contribution in [-0.2, 0) is 12.1 Å². The monoisotopic (exact) mass is 306 g/mol. The molecule has 0 atom stereocenters. The maximum absolute atomic E-state index is 2.48. The molecule has 1 rings (SSSR count). The summed E-state index contributed by atoms with van der Waals surface area (Å²) in [4.78, 5) is 0. The number of hydrogen-bond acceptors (Lipinski definition) is 0. The van der Waals surface area contributed by atoms with Crippen LogP contribution >= 0.6 is 0 Å². The van der Waals surface area contributed by atoms with Crippen molar-refractivity contribution in [1.82, 2.24) is 0 Å². The fraction of sp³-hybridized carbons (Fsp3) is 0.667. The third kappa shape index (κ3) is 4.32. The second kappa shape index (κ2) is 5.80. The summed E-state index contributed by atoms with van der Waals surface area (Å²) < 4.78 is 0. The summed E-state index contributed by atoms with van der Waals surface area (Å²) >= 11 is 0. The third-order valence-corrected chi connectivity index (χ3v) is 7.18. The zero-order valence-corrected chi connectivity index (χ0v) is 17.4. The second-order valence-corrected chi connectivity index (χ2v) is 19.9. The summed E-state index contributed by atoms with van der Waals surface area (Å²) in [5.41, 5.74) is 9.59. The van der Waals surface area contributed by atoms with Gasteiger partial charge in [0.2, 0.25) is 0 Å². The highest BCUT2D eigenvalue weighted by Crippen LogP contribution is 2.31. The van der Waals surface area contributed by atoms with Crippen LogP contribution in [0.2, 0.25) is 39.3 Å². The van der Waals surface area contributed by atoms with Gasteiger partial charge in [0.25, 0.3) is 0 Å². The summed E-state index contributed by atoms with van der Waals surface area (Å²) in [7, 11) is -2.12. The molecule has 0 aliphatic carbocycles. The van der Waals surface area contributed by atoms with E-state index >= 15 is 0 Å². The zero-order valence-electron chi connectivity index (χ0n) is 15.4. The Kier molecular flexibility index (Phi) is 5.14. The SMILES string of the molecule is Cc1c(C)c(C[Si](C)(C)C)c(C)c(C)c1C[Si](C)(C)C. The molecule has 0 spiro atoms. The predicted octanol–water partition coefficient (Wildman–Crippen LogP) is 5.76. The van der Waals surface area contributed by atoms with E-state index < -0.39 is 16.1 Å². The average molecular weight is 307 g/mol. The molecule has 0 radical (unpaired) electrons. The van der Waals surface area contributed by atoms with E-state index in [1.807, 2.05) is 0 Å². The van der Waals surface area contributed by atoms with E-state index in [-0.39, 0.29) is 0 Å². The molecule has 0 heterocycles. The van der Waals surface area contributed by atoms with Crippen molar-refractivity contribution in [2.75, 3.05) is 0 Å². The topological polar surface area (TPSA) is 0 Å². The van der Waals surface area contributed by atoms with Crippen LogP contribution in [0, 0.1) is 27.7 Å². The maximum Gasteiger partial charge on any atom is 0.0487 e. The summed E-state index contributed by atoms with van der Waals surface area (Å²) in [5, 5.41) is 0. The summed E-state index contributed by atoms with van der Waals surface area (Å²) in [6, 6.07) is 2.64. The standard InChI is InChI=1S/C18H34Si2/c1-13-14(2)18(12-20(8,9)10)16(4)15(3)17(13)11-19(5,6)7/h11-12H2,1-10H3. The van der Waals surface area contributed by atoms with Gasteiger partial charge >= 0.3 is 0 Å². The summed E-state index contributed by atoms with van der Waals surface area (Å²) in [6.45, 7) is 24.3. The van der Waals surface area contributed by atoms with E-state index in [1.165, 1.54) is 12.1 Å². The fourth-order valence-corrected chi connectivity index (χ4v) is 6.24. The van der Waals surface area contributed by atoms with Crippen LogP contribution in [0.4, 0.5) is 0 Å². The summed E-state index contributed by atoms with van der Waals surface area (Å²) in [5.74, 6) is 0. The normalized spacial score (nSPS) is 12.9. The van der Waals surface area contributed by atoms with Gasteiger partial charge in [0.05, 0.1) is 0 Å². The Balaban J connectivity index is 3.42. The van der Waals surface area contributed by atoms with Gasteiger partial charge < -0.3 is 0 Å². The molecule has 0 amide bonds. The van der Waals surface area contributed by atoms with Gasteiger partial charge in [0.15, 0.2) is 0 Å². The van der Waals surface area contributed by atoms with Crippen molar-refractivity contribution >= 4 is 16.1 Å². The van der Waals surface area contributed by atoms with E-state index in [1.54, 1.807) is 33.4 Å². The lowest BCUT2D eigenvalue weighted by Crippen LogP contribution is -2.28. The van der Waals surface area contributed by atoms with Gasteiger partial charge in [-0.15, -0.1) is 0 Å². The lowest BCUT2D eigenvalue weighted by Gasteiger charge is -2.27. The van der Waals surface area contributed by atoms with Gasteiger partial charge in [-0.2, -0.15) is 0 Å². The molecule has 0 nitrogen and oxygen atoms in total. The minimum absolute atomic E-state index is 1.06. The van der Waals surface area contributed by atoms with Crippen molar-refractivity contribution in [2.45, 2.75) is 79.1 Å². The molecule has 0 unspecified atom stereocenters. The van der Waals surface area contributed by atoms with Crippen molar-refractivity contribution < 1.29 is 0 Å². The van der Waals surface area contributed by atoms with Crippen LogP contribution in [0.3, 0.4) is 0 Å². The first kappa shape index (κ1) is 17.7. The van der Waals surface area contributed by atoms with E-state index in [9.17, 15) is 0 Å². The van der Waals surface area contributed by atoms with Gasteiger partial charge in [-0.05, 0) is 73.2 Å². The Morgan fingerprint density at radius 3 is 0.850 bits per heavy atom. The van der Waals surface area contributed by atoms with E-state index in [2.05, 4.69) is 67.0 Å². The van der Waals surface area contributed by atoms with Crippen LogP contribution in [0.15, 0.2) is 0 Å². The number of benzene rings is 1. The van der Waals surface area contributed by atoms with Crippen molar-refractivity contribution in [3.8, 4) is 0 Å². The highest BCUT2D eigenvalue weighted by Gasteiger charge is 2.23. The first-order valence-electron chi connectivity index (χ1n) is 7.91. The van der Waals surface area contributed by atoms with E-state index in [0.717, 1.165) is 0 Å². The van der Waals surface area contributed by atoms with Gasteiger partial charge in [0.1, 0.15) is 0 Å². The van der Waals surface area contributed by atoms with Crippen LogP contribution in [-0.4, -0.2) is 16.1 Å².